The van der Waals surface area contributed by atoms with Crippen LogP contribution in [0.5, 0.6) is 0 Å². The van der Waals surface area contributed by atoms with Crippen molar-refractivity contribution in [3.8, 4) is 0 Å². The van der Waals surface area contributed by atoms with Crippen molar-refractivity contribution in [2.24, 2.45) is 0 Å². The van der Waals surface area contributed by atoms with E-state index in [0.29, 0.717) is 30.7 Å². The molecule has 0 saturated heterocycles. The molecule has 0 aliphatic carbocycles. The fourth-order valence-corrected chi connectivity index (χ4v) is 3.70. The Balaban J connectivity index is 1.75. The molecule has 0 aliphatic heterocycles. The van der Waals surface area contributed by atoms with E-state index < -0.39 is 11.7 Å². The lowest BCUT2D eigenvalue weighted by Crippen LogP contribution is -2.34. The van der Waals surface area contributed by atoms with Crippen molar-refractivity contribution < 1.29 is 9.53 Å². The first-order chi connectivity index (χ1) is 15.8. The molecule has 0 aliphatic rings. The maximum atomic E-state index is 13.4. The van der Waals surface area contributed by atoms with E-state index in [1.54, 1.807) is 10.6 Å². The van der Waals surface area contributed by atoms with Crippen LogP contribution in [0, 0.1) is 0 Å². The maximum absolute atomic E-state index is 13.4. The van der Waals surface area contributed by atoms with Crippen LogP contribution in [0.3, 0.4) is 0 Å². The molecule has 7 nitrogen and oxygen atoms in total. The number of carbonyl (C=O) groups excluding carboxylic acids is 1. The number of carbonyl (C=O) groups is 1. The minimum Gasteiger partial charge on any atom is -0.444 e. The summed E-state index contributed by atoms with van der Waals surface area (Å²) in [7, 11) is 0. The third-order valence-corrected chi connectivity index (χ3v) is 5.23. The number of ether oxygens (including phenoxy) is 1. The summed E-state index contributed by atoms with van der Waals surface area (Å²) >= 11 is 0. The average Bonchev–Trinajstić information content (AvgIpc) is 2.78. The molecule has 176 valence electrons. The van der Waals surface area contributed by atoms with Crippen LogP contribution in [0.15, 0.2) is 59.5 Å². The van der Waals surface area contributed by atoms with E-state index in [4.69, 9.17) is 9.72 Å². The van der Waals surface area contributed by atoms with E-state index in [9.17, 15) is 9.59 Å². The monoisotopic (exact) mass is 450 g/mol. The third kappa shape index (κ3) is 6.89. The van der Waals surface area contributed by atoms with Crippen LogP contribution in [0.25, 0.3) is 5.65 Å². The summed E-state index contributed by atoms with van der Waals surface area (Å²) in [6.07, 6.45) is 3.40. The van der Waals surface area contributed by atoms with Crippen molar-refractivity contribution in [1.82, 2.24) is 20.0 Å². The molecular weight excluding hydrogens is 416 g/mol. The summed E-state index contributed by atoms with van der Waals surface area (Å²) in [5, 5.41) is 6.30. The minimum absolute atomic E-state index is 0.0358. The van der Waals surface area contributed by atoms with Gasteiger partial charge >= 0.3 is 6.09 Å². The molecule has 1 amide bonds. The van der Waals surface area contributed by atoms with Crippen LogP contribution in [-0.2, 0) is 11.2 Å². The van der Waals surface area contributed by atoms with Crippen LogP contribution in [-0.4, -0.2) is 34.2 Å². The molecule has 0 spiro atoms. The molecule has 3 aromatic rings. The average molecular weight is 451 g/mol. The van der Waals surface area contributed by atoms with Crippen LogP contribution >= 0.6 is 0 Å². The van der Waals surface area contributed by atoms with Gasteiger partial charge in [0.25, 0.3) is 5.56 Å². The molecule has 0 bridgehead atoms. The summed E-state index contributed by atoms with van der Waals surface area (Å²) in [4.78, 5) is 30.1. The number of fused-ring (bicyclic) bond motifs is 1. The number of alkyl carbamates (subject to hydrolysis) is 1. The molecule has 1 unspecified atom stereocenters. The summed E-state index contributed by atoms with van der Waals surface area (Å²) in [5.41, 5.74) is 2.66. The van der Waals surface area contributed by atoms with Gasteiger partial charge in [-0.1, -0.05) is 43.3 Å². The van der Waals surface area contributed by atoms with Gasteiger partial charge in [0, 0.05) is 30.8 Å². The number of aromatic nitrogens is 2. The van der Waals surface area contributed by atoms with Crippen LogP contribution < -0.4 is 16.2 Å². The normalized spacial score (nSPS) is 12.5. The fraction of sp³-hybridized carbons (Fsp3) is 0.423. The van der Waals surface area contributed by atoms with Crippen molar-refractivity contribution >= 4 is 11.7 Å². The lowest BCUT2D eigenvalue weighted by atomic mass is 9.99. The Morgan fingerprint density at radius 2 is 1.82 bits per heavy atom. The van der Waals surface area contributed by atoms with E-state index in [0.717, 1.165) is 24.1 Å². The highest BCUT2D eigenvalue weighted by Crippen LogP contribution is 2.20. The number of hydrogen-bond donors (Lipinski definition) is 2. The van der Waals surface area contributed by atoms with E-state index in [2.05, 4.69) is 17.6 Å². The van der Waals surface area contributed by atoms with E-state index in [1.807, 2.05) is 69.3 Å². The second kappa shape index (κ2) is 11.1. The topological polar surface area (TPSA) is 84.7 Å². The van der Waals surface area contributed by atoms with Gasteiger partial charge in [-0.05, 0) is 57.9 Å². The highest BCUT2D eigenvalue weighted by atomic mass is 16.6. The van der Waals surface area contributed by atoms with E-state index in [-0.39, 0.29) is 11.6 Å². The van der Waals surface area contributed by atoms with Gasteiger partial charge in [-0.3, -0.25) is 9.20 Å². The van der Waals surface area contributed by atoms with Crippen LogP contribution in [0.2, 0.25) is 0 Å². The smallest absolute Gasteiger partial charge is 0.407 e. The molecule has 0 fully saturated rings. The zero-order valence-corrected chi connectivity index (χ0v) is 19.9. The Labute approximate surface area is 195 Å². The van der Waals surface area contributed by atoms with Crippen LogP contribution in [0.4, 0.5) is 4.79 Å². The number of nitrogens with one attached hydrogen (secondary N) is 2. The van der Waals surface area contributed by atoms with Crippen molar-refractivity contribution in [2.75, 3.05) is 13.1 Å². The summed E-state index contributed by atoms with van der Waals surface area (Å²) < 4.78 is 6.88. The standard InChI is InChI=1S/C26H34N4O3/c1-5-21(27-15-11-16-28-25(32)33-26(2,3)4)23-20(18-19-12-7-6-8-13-19)24(31)30-17-10-9-14-22(30)29-23/h6-10,12-14,17,21,27H,5,11,15-16,18H2,1-4H3,(H,28,32). The fourth-order valence-electron chi connectivity index (χ4n) is 3.70. The van der Waals surface area contributed by atoms with Gasteiger partial charge < -0.3 is 15.4 Å². The molecule has 7 heteroatoms. The van der Waals surface area contributed by atoms with Gasteiger partial charge in [-0.25, -0.2) is 9.78 Å². The highest BCUT2D eigenvalue weighted by Gasteiger charge is 2.20. The summed E-state index contributed by atoms with van der Waals surface area (Å²) in [6.45, 7) is 8.78. The van der Waals surface area contributed by atoms with Gasteiger partial charge in [0.15, 0.2) is 0 Å². The molecule has 1 atom stereocenters. The zero-order valence-electron chi connectivity index (χ0n) is 19.9. The first kappa shape index (κ1) is 24.5. The number of amides is 1. The molecule has 2 aromatic heterocycles. The first-order valence-corrected chi connectivity index (χ1v) is 11.5. The van der Waals surface area contributed by atoms with Gasteiger partial charge in [0.2, 0.25) is 0 Å². The highest BCUT2D eigenvalue weighted by molar-refractivity contribution is 5.67. The number of nitrogens with zero attached hydrogens (tertiary/aromatic N) is 2. The molecule has 0 saturated carbocycles. The van der Waals surface area contributed by atoms with Crippen molar-refractivity contribution in [3.63, 3.8) is 0 Å². The Hall–Kier alpha value is -3.19. The largest absolute Gasteiger partial charge is 0.444 e. The minimum atomic E-state index is -0.513. The lowest BCUT2D eigenvalue weighted by Gasteiger charge is -2.21. The predicted molar refractivity (Wildman–Crippen MR) is 131 cm³/mol. The van der Waals surface area contributed by atoms with E-state index >= 15 is 0 Å². The molecule has 3 rings (SSSR count). The van der Waals surface area contributed by atoms with Gasteiger partial charge in [-0.15, -0.1) is 0 Å². The maximum Gasteiger partial charge on any atom is 0.407 e. The Morgan fingerprint density at radius 1 is 1.09 bits per heavy atom. The number of rotatable bonds is 9. The predicted octanol–water partition coefficient (Wildman–Crippen LogP) is 4.24. The molecule has 1 aromatic carbocycles. The van der Waals surface area contributed by atoms with Gasteiger partial charge in [0.05, 0.1) is 5.69 Å². The number of hydrogen-bond acceptors (Lipinski definition) is 5. The van der Waals surface area contributed by atoms with E-state index in [1.165, 1.54) is 0 Å². The SMILES string of the molecule is CCC(NCCCNC(=O)OC(C)(C)C)c1nc2ccccn2c(=O)c1Cc1ccccc1. The third-order valence-electron chi connectivity index (χ3n) is 5.23. The summed E-state index contributed by atoms with van der Waals surface area (Å²) in [6, 6.07) is 15.5. The van der Waals surface area contributed by atoms with Crippen molar-refractivity contribution in [3.05, 3.63) is 81.9 Å². The quantitative estimate of drug-likeness (QED) is 0.476. The Bertz CT molecular complexity index is 1120. The lowest BCUT2D eigenvalue weighted by molar-refractivity contribution is 0.0527. The van der Waals surface area contributed by atoms with Crippen LogP contribution in [0.1, 0.15) is 63.4 Å². The van der Waals surface area contributed by atoms with Gasteiger partial charge in [-0.2, -0.15) is 0 Å². The zero-order chi connectivity index (χ0) is 23.8. The molecule has 2 heterocycles. The number of benzene rings is 1. The molecule has 33 heavy (non-hydrogen) atoms. The second-order valence-electron chi connectivity index (χ2n) is 9.07. The first-order valence-electron chi connectivity index (χ1n) is 11.5. The second-order valence-corrected chi connectivity index (χ2v) is 9.07. The van der Waals surface area contributed by atoms with Crippen molar-refractivity contribution in [2.45, 2.75) is 58.6 Å². The summed E-state index contributed by atoms with van der Waals surface area (Å²) in [5.74, 6) is 0. The van der Waals surface area contributed by atoms with Crippen molar-refractivity contribution in [1.29, 1.82) is 0 Å². The molecular formula is C26H34N4O3. The Morgan fingerprint density at radius 3 is 2.52 bits per heavy atom. The molecule has 2 N–H and O–H groups in total. The Kier molecular flexibility index (Phi) is 8.22. The number of pyridine rings is 1. The molecule has 0 radical (unpaired) electrons. The van der Waals surface area contributed by atoms with Gasteiger partial charge in [0.1, 0.15) is 11.2 Å².